The van der Waals surface area contributed by atoms with Gasteiger partial charge in [-0.05, 0) is 36.5 Å². The van der Waals surface area contributed by atoms with E-state index in [0.717, 1.165) is 5.69 Å². The number of halogens is 1. The van der Waals surface area contributed by atoms with Gasteiger partial charge in [-0.3, -0.25) is 4.79 Å². The smallest absolute Gasteiger partial charge is 0.239 e. The molecule has 0 atom stereocenters. The molecule has 2 nitrogen and oxygen atoms in total. The Morgan fingerprint density at radius 2 is 2.27 bits per heavy atom. The van der Waals surface area contributed by atoms with Gasteiger partial charge < -0.3 is 5.32 Å². The SMILES string of the molecule is O=C(CCl)Nc1cccc(C2CCC2)c1. The maximum atomic E-state index is 11.1. The third-order valence-electron chi connectivity index (χ3n) is 2.87. The van der Waals surface area contributed by atoms with Crippen LogP contribution in [0.4, 0.5) is 5.69 Å². The zero-order valence-corrected chi connectivity index (χ0v) is 9.26. The number of hydrogen-bond acceptors (Lipinski definition) is 1. The highest BCUT2D eigenvalue weighted by molar-refractivity contribution is 6.29. The van der Waals surface area contributed by atoms with Gasteiger partial charge in [0.1, 0.15) is 5.88 Å². The van der Waals surface area contributed by atoms with Gasteiger partial charge in [0.15, 0.2) is 0 Å². The second kappa shape index (κ2) is 4.67. The predicted octanol–water partition coefficient (Wildman–Crippen LogP) is 3.13. The van der Waals surface area contributed by atoms with Crippen LogP contribution in [0.1, 0.15) is 30.7 Å². The first kappa shape index (κ1) is 10.5. The Labute approximate surface area is 94.6 Å². The fourth-order valence-corrected chi connectivity index (χ4v) is 1.87. The minimum absolute atomic E-state index is 0.00760. The van der Waals surface area contributed by atoms with Crippen molar-refractivity contribution in [1.82, 2.24) is 0 Å². The number of carbonyl (C=O) groups excluding carboxylic acids is 1. The molecule has 80 valence electrons. The van der Waals surface area contributed by atoms with Crippen molar-refractivity contribution < 1.29 is 4.79 Å². The lowest BCUT2D eigenvalue weighted by Gasteiger charge is -2.26. The lowest BCUT2D eigenvalue weighted by molar-refractivity contribution is -0.113. The predicted molar refractivity (Wildman–Crippen MR) is 62.4 cm³/mol. The van der Waals surface area contributed by atoms with Gasteiger partial charge in [0.25, 0.3) is 0 Å². The van der Waals surface area contributed by atoms with Gasteiger partial charge in [-0.1, -0.05) is 18.6 Å². The molecule has 0 unspecified atom stereocenters. The van der Waals surface area contributed by atoms with Gasteiger partial charge >= 0.3 is 0 Å². The third kappa shape index (κ3) is 2.51. The van der Waals surface area contributed by atoms with Gasteiger partial charge in [-0.15, -0.1) is 11.6 Å². The molecule has 0 saturated heterocycles. The molecule has 2 rings (SSSR count). The van der Waals surface area contributed by atoms with E-state index < -0.39 is 0 Å². The number of alkyl halides is 1. The molecule has 1 fully saturated rings. The van der Waals surface area contributed by atoms with E-state index in [1.165, 1.54) is 24.8 Å². The van der Waals surface area contributed by atoms with Gasteiger partial charge in [-0.2, -0.15) is 0 Å². The summed E-state index contributed by atoms with van der Waals surface area (Å²) in [7, 11) is 0. The molecule has 0 aliphatic heterocycles. The van der Waals surface area contributed by atoms with Crippen LogP contribution in [0.25, 0.3) is 0 Å². The molecule has 1 saturated carbocycles. The van der Waals surface area contributed by atoms with Crippen LogP contribution in [0, 0.1) is 0 Å². The van der Waals surface area contributed by atoms with Crippen LogP contribution < -0.4 is 5.32 Å². The normalized spacial score (nSPS) is 15.8. The summed E-state index contributed by atoms with van der Waals surface area (Å²) >= 11 is 5.43. The zero-order chi connectivity index (χ0) is 10.7. The number of rotatable bonds is 3. The Morgan fingerprint density at radius 1 is 1.47 bits per heavy atom. The summed E-state index contributed by atoms with van der Waals surface area (Å²) < 4.78 is 0. The summed E-state index contributed by atoms with van der Waals surface area (Å²) in [5, 5.41) is 2.76. The zero-order valence-electron chi connectivity index (χ0n) is 8.50. The highest BCUT2D eigenvalue weighted by Crippen LogP contribution is 2.36. The number of amides is 1. The van der Waals surface area contributed by atoms with Crippen molar-refractivity contribution in [3.05, 3.63) is 29.8 Å². The first-order chi connectivity index (χ1) is 7.29. The molecule has 15 heavy (non-hydrogen) atoms. The van der Waals surface area contributed by atoms with Crippen LogP contribution in [-0.2, 0) is 4.79 Å². The number of benzene rings is 1. The van der Waals surface area contributed by atoms with E-state index in [2.05, 4.69) is 11.4 Å². The largest absolute Gasteiger partial charge is 0.325 e. The monoisotopic (exact) mass is 223 g/mol. The number of hydrogen-bond donors (Lipinski definition) is 1. The summed E-state index contributed by atoms with van der Waals surface area (Å²) in [4.78, 5) is 11.1. The molecular formula is C12H14ClNO. The van der Waals surface area contributed by atoms with E-state index in [-0.39, 0.29) is 11.8 Å². The highest BCUT2D eigenvalue weighted by atomic mass is 35.5. The lowest BCUT2D eigenvalue weighted by atomic mass is 9.80. The number of anilines is 1. The minimum Gasteiger partial charge on any atom is -0.325 e. The Morgan fingerprint density at radius 3 is 2.87 bits per heavy atom. The summed E-state index contributed by atoms with van der Waals surface area (Å²) in [6, 6.07) is 8.05. The van der Waals surface area contributed by atoms with E-state index in [9.17, 15) is 4.79 Å². The van der Waals surface area contributed by atoms with Crippen LogP contribution in [0.2, 0.25) is 0 Å². The molecule has 1 amide bonds. The van der Waals surface area contributed by atoms with Crippen LogP contribution in [0.15, 0.2) is 24.3 Å². The summed E-state index contributed by atoms with van der Waals surface area (Å²) in [6.45, 7) is 0. The Bertz CT molecular complexity index is 360. The fourth-order valence-electron chi connectivity index (χ4n) is 1.81. The lowest BCUT2D eigenvalue weighted by Crippen LogP contribution is -2.13. The Balaban J connectivity index is 2.08. The maximum Gasteiger partial charge on any atom is 0.239 e. The van der Waals surface area contributed by atoms with E-state index >= 15 is 0 Å². The van der Waals surface area contributed by atoms with E-state index in [1.807, 2.05) is 18.2 Å². The topological polar surface area (TPSA) is 29.1 Å². The van der Waals surface area contributed by atoms with Crippen molar-refractivity contribution in [2.75, 3.05) is 11.2 Å². The molecule has 3 heteroatoms. The molecule has 0 spiro atoms. The molecular weight excluding hydrogens is 210 g/mol. The van der Waals surface area contributed by atoms with Gasteiger partial charge in [0, 0.05) is 5.69 Å². The Hall–Kier alpha value is -1.02. The van der Waals surface area contributed by atoms with Crippen molar-refractivity contribution >= 4 is 23.2 Å². The van der Waals surface area contributed by atoms with Crippen LogP contribution in [0.3, 0.4) is 0 Å². The number of carbonyl (C=O) groups is 1. The summed E-state index contributed by atoms with van der Waals surface area (Å²) in [6.07, 6.45) is 3.86. The average Bonchev–Trinajstić information content (AvgIpc) is 2.15. The van der Waals surface area contributed by atoms with Crippen molar-refractivity contribution in [1.29, 1.82) is 0 Å². The van der Waals surface area contributed by atoms with E-state index in [4.69, 9.17) is 11.6 Å². The Kier molecular flexibility index (Phi) is 3.27. The summed E-state index contributed by atoms with van der Waals surface area (Å²) in [5.41, 5.74) is 2.18. The third-order valence-corrected chi connectivity index (χ3v) is 3.11. The van der Waals surface area contributed by atoms with Crippen molar-refractivity contribution in [3.63, 3.8) is 0 Å². The standard InChI is InChI=1S/C12H14ClNO/c13-8-12(15)14-11-6-2-5-10(7-11)9-3-1-4-9/h2,5-7,9H,1,3-4,8H2,(H,14,15). The number of nitrogens with one attached hydrogen (secondary N) is 1. The van der Waals surface area contributed by atoms with Gasteiger partial charge in [-0.25, -0.2) is 0 Å². The molecule has 1 aromatic carbocycles. The van der Waals surface area contributed by atoms with E-state index in [0.29, 0.717) is 5.92 Å². The first-order valence-corrected chi connectivity index (χ1v) is 5.79. The average molecular weight is 224 g/mol. The molecule has 0 radical (unpaired) electrons. The van der Waals surface area contributed by atoms with Crippen LogP contribution in [0.5, 0.6) is 0 Å². The van der Waals surface area contributed by atoms with Crippen molar-refractivity contribution in [3.8, 4) is 0 Å². The van der Waals surface area contributed by atoms with Crippen molar-refractivity contribution in [2.24, 2.45) is 0 Å². The van der Waals surface area contributed by atoms with E-state index in [1.54, 1.807) is 0 Å². The maximum absolute atomic E-state index is 11.1. The quantitative estimate of drug-likeness (QED) is 0.784. The fraction of sp³-hybridized carbons (Fsp3) is 0.417. The van der Waals surface area contributed by atoms with Crippen LogP contribution >= 0.6 is 11.6 Å². The molecule has 1 aliphatic rings. The van der Waals surface area contributed by atoms with Gasteiger partial charge in [0.2, 0.25) is 5.91 Å². The highest BCUT2D eigenvalue weighted by Gasteiger charge is 2.19. The summed E-state index contributed by atoms with van der Waals surface area (Å²) in [5.74, 6) is 0.550. The molecule has 1 aliphatic carbocycles. The molecule has 0 bridgehead atoms. The second-order valence-electron chi connectivity index (χ2n) is 3.94. The molecule has 0 aromatic heterocycles. The van der Waals surface area contributed by atoms with Crippen molar-refractivity contribution in [2.45, 2.75) is 25.2 Å². The second-order valence-corrected chi connectivity index (χ2v) is 4.20. The van der Waals surface area contributed by atoms with Crippen LogP contribution in [-0.4, -0.2) is 11.8 Å². The first-order valence-electron chi connectivity index (χ1n) is 5.25. The minimum atomic E-state index is -0.151. The molecule has 0 heterocycles. The van der Waals surface area contributed by atoms with Gasteiger partial charge in [0.05, 0.1) is 0 Å². The molecule has 1 N–H and O–H groups in total. The molecule has 1 aromatic rings.